The molecule has 1 rings (SSSR count). The van der Waals surface area contributed by atoms with Crippen LogP contribution in [0.4, 0.5) is 13.2 Å². The molecule has 59 valence electrons. The van der Waals surface area contributed by atoms with Crippen LogP contribution in [0.25, 0.3) is 0 Å². The van der Waals surface area contributed by atoms with Gasteiger partial charge < -0.3 is 0 Å². The van der Waals surface area contributed by atoms with Crippen molar-refractivity contribution in [1.82, 2.24) is 0 Å². The molecule has 3 heteroatoms. The van der Waals surface area contributed by atoms with Crippen molar-refractivity contribution in [1.29, 1.82) is 0 Å². The molecule has 0 bridgehead atoms. The van der Waals surface area contributed by atoms with Crippen molar-refractivity contribution in [3.63, 3.8) is 0 Å². The largest absolute Gasteiger partial charge is 0.417 e. The van der Waals surface area contributed by atoms with Crippen molar-refractivity contribution in [2.75, 3.05) is 0 Å². The highest BCUT2D eigenvalue weighted by molar-refractivity contribution is 5.21. The number of hydrogen-bond acceptors (Lipinski definition) is 0. The molecule has 0 nitrogen and oxygen atoms in total. The van der Waals surface area contributed by atoms with Gasteiger partial charge in [-0.2, -0.15) is 13.2 Å². The van der Waals surface area contributed by atoms with Gasteiger partial charge in [0.2, 0.25) is 0 Å². The van der Waals surface area contributed by atoms with E-state index in [0.717, 1.165) is 11.6 Å². The topological polar surface area (TPSA) is 0 Å². The Morgan fingerprint density at radius 2 is 1.91 bits per heavy atom. The zero-order valence-corrected chi connectivity index (χ0v) is 5.87. The summed E-state index contributed by atoms with van der Waals surface area (Å²) in [5.74, 6) is 0. The molecule has 1 aromatic carbocycles. The molecule has 0 aliphatic heterocycles. The van der Waals surface area contributed by atoms with Crippen molar-refractivity contribution in [3.05, 3.63) is 35.4 Å². The van der Waals surface area contributed by atoms with E-state index in [9.17, 15) is 13.2 Å². The highest BCUT2D eigenvalue weighted by Crippen LogP contribution is 2.28. The standard InChI is InChI=1S/C8H6F3/c1-6-2-4-7(5-3-6)8(9,10)11/h2-4H,1H3. The van der Waals surface area contributed by atoms with Gasteiger partial charge in [0.1, 0.15) is 0 Å². The lowest BCUT2D eigenvalue weighted by molar-refractivity contribution is -0.137. The van der Waals surface area contributed by atoms with E-state index < -0.39 is 11.7 Å². The molecule has 0 saturated carbocycles. The Bertz CT molecular complexity index is 233. The average Bonchev–Trinajstić information content (AvgIpc) is 1.86. The third-order valence-corrected chi connectivity index (χ3v) is 1.27. The average molecular weight is 159 g/mol. The normalized spacial score (nSPS) is 11.6. The first-order valence-corrected chi connectivity index (χ1v) is 3.05. The van der Waals surface area contributed by atoms with Crippen LogP contribution < -0.4 is 0 Å². The van der Waals surface area contributed by atoms with Crippen LogP contribution in [0.2, 0.25) is 0 Å². The van der Waals surface area contributed by atoms with E-state index in [1.54, 1.807) is 6.92 Å². The number of halogens is 3. The number of benzene rings is 1. The van der Waals surface area contributed by atoms with Gasteiger partial charge >= 0.3 is 6.18 Å². The van der Waals surface area contributed by atoms with Crippen LogP contribution >= 0.6 is 0 Å². The lowest BCUT2D eigenvalue weighted by Gasteiger charge is -2.04. The molecule has 0 heterocycles. The Morgan fingerprint density at radius 1 is 1.27 bits per heavy atom. The molecule has 0 aliphatic rings. The maximum absolute atomic E-state index is 11.9. The summed E-state index contributed by atoms with van der Waals surface area (Å²) >= 11 is 0. The van der Waals surface area contributed by atoms with E-state index in [4.69, 9.17) is 0 Å². The molecule has 11 heavy (non-hydrogen) atoms. The van der Waals surface area contributed by atoms with Crippen LogP contribution in [0.15, 0.2) is 18.2 Å². The predicted molar refractivity (Wildman–Crippen MR) is 35.0 cm³/mol. The highest BCUT2D eigenvalue weighted by atomic mass is 19.4. The van der Waals surface area contributed by atoms with E-state index in [1.807, 2.05) is 0 Å². The second kappa shape index (κ2) is 2.57. The summed E-state index contributed by atoms with van der Waals surface area (Å²) < 4.78 is 35.7. The Balaban J connectivity index is 2.99. The number of rotatable bonds is 0. The first-order valence-electron chi connectivity index (χ1n) is 3.05. The summed E-state index contributed by atoms with van der Waals surface area (Å²) in [7, 11) is 0. The minimum Gasteiger partial charge on any atom is -0.166 e. The van der Waals surface area contributed by atoms with Gasteiger partial charge in [-0.15, -0.1) is 0 Å². The highest BCUT2D eigenvalue weighted by Gasteiger charge is 2.29. The smallest absolute Gasteiger partial charge is 0.166 e. The Labute approximate surface area is 62.7 Å². The summed E-state index contributed by atoms with van der Waals surface area (Å²) in [6.07, 6.45) is -4.27. The third kappa shape index (κ3) is 1.97. The predicted octanol–water partition coefficient (Wildman–Crippen LogP) is 2.81. The minimum absolute atomic E-state index is 0.719. The monoisotopic (exact) mass is 159 g/mol. The Kier molecular flexibility index (Phi) is 1.89. The van der Waals surface area contributed by atoms with E-state index >= 15 is 0 Å². The van der Waals surface area contributed by atoms with Crippen LogP contribution in [0, 0.1) is 13.0 Å². The maximum atomic E-state index is 11.9. The van der Waals surface area contributed by atoms with Crippen LogP contribution in [-0.2, 0) is 6.18 Å². The third-order valence-electron chi connectivity index (χ3n) is 1.27. The van der Waals surface area contributed by atoms with E-state index in [2.05, 4.69) is 6.07 Å². The van der Waals surface area contributed by atoms with Gasteiger partial charge in [-0.1, -0.05) is 17.7 Å². The van der Waals surface area contributed by atoms with Crippen molar-refractivity contribution in [2.45, 2.75) is 13.1 Å². The quantitative estimate of drug-likeness (QED) is 0.546. The molecule has 0 fully saturated rings. The van der Waals surface area contributed by atoms with Gasteiger partial charge in [0.25, 0.3) is 0 Å². The zero-order valence-electron chi connectivity index (χ0n) is 5.87. The maximum Gasteiger partial charge on any atom is 0.417 e. The fourth-order valence-corrected chi connectivity index (χ4v) is 0.679. The van der Waals surface area contributed by atoms with E-state index in [0.29, 0.717) is 0 Å². The molecular formula is C8H6F3. The molecule has 0 aliphatic carbocycles. The first-order chi connectivity index (χ1) is 5.00. The first kappa shape index (κ1) is 8.11. The van der Waals surface area contributed by atoms with Gasteiger partial charge in [-0.25, -0.2) is 0 Å². The van der Waals surface area contributed by atoms with Gasteiger partial charge in [0.05, 0.1) is 5.56 Å². The lowest BCUT2D eigenvalue weighted by Crippen LogP contribution is -2.04. The van der Waals surface area contributed by atoms with Crippen LogP contribution in [0.1, 0.15) is 11.1 Å². The summed E-state index contributed by atoms with van der Waals surface area (Å²) in [4.78, 5) is 0. The fraction of sp³-hybridized carbons (Fsp3) is 0.250. The van der Waals surface area contributed by atoms with Gasteiger partial charge in [-0.05, 0) is 19.1 Å². The van der Waals surface area contributed by atoms with E-state index in [-0.39, 0.29) is 0 Å². The van der Waals surface area contributed by atoms with Crippen LogP contribution in [0.3, 0.4) is 0 Å². The molecule has 0 aromatic heterocycles. The Hall–Kier alpha value is -0.990. The zero-order chi connectivity index (χ0) is 8.48. The number of hydrogen-bond donors (Lipinski definition) is 0. The molecule has 0 N–H and O–H groups in total. The molecule has 0 spiro atoms. The molecular weight excluding hydrogens is 153 g/mol. The molecule has 0 atom stereocenters. The van der Waals surface area contributed by atoms with Crippen molar-refractivity contribution < 1.29 is 13.2 Å². The van der Waals surface area contributed by atoms with Gasteiger partial charge in [-0.3, -0.25) is 0 Å². The second-order valence-corrected chi connectivity index (χ2v) is 2.28. The van der Waals surface area contributed by atoms with Gasteiger partial charge in [0, 0.05) is 0 Å². The number of aryl methyl sites for hydroxylation is 1. The van der Waals surface area contributed by atoms with E-state index in [1.165, 1.54) is 12.1 Å². The molecule has 1 aromatic rings. The summed E-state index contributed by atoms with van der Waals surface area (Å²) in [6, 6.07) is 5.91. The molecule has 1 radical (unpaired) electrons. The second-order valence-electron chi connectivity index (χ2n) is 2.28. The number of alkyl halides is 3. The summed E-state index contributed by atoms with van der Waals surface area (Å²) in [5, 5.41) is 0. The molecule has 0 unspecified atom stereocenters. The van der Waals surface area contributed by atoms with Crippen LogP contribution in [0.5, 0.6) is 0 Å². The van der Waals surface area contributed by atoms with Crippen molar-refractivity contribution in [3.8, 4) is 0 Å². The van der Waals surface area contributed by atoms with Crippen molar-refractivity contribution in [2.24, 2.45) is 0 Å². The van der Waals surface area contributed by atoms with Crippen LogP contribution in [-0.4, -0.2) is 0 Å². The SMILES string of the molecule is Cc1c[c]c(C(F)(F)F)cc1. The summed E-state index contributed by atoms with van der Waals surface area (Å²) in [6.45, 7) is 1.72. The Morgan fingerprint density at radius 3 is 2.27 bits per heavy atom. The molecule has 0 saturated heterocycles. The summed E-state index contributed by atoms with van der Waals surface area (Å²) in [5.41, 5.74) is 0.0566. The van der Waals surface area contributed by atoms with Gasteiger partial charge in [0.15, 0.2) is 0 Å². The van der Waals surface area contributed by atoms with Crippen molar-refractivity contribution >= 4 is 0 Å². The minimum atomic E-state index is -4.27. The fourth-order valence-electron chi connectivity index (χ4n) is 0.679. The lowest BCUT2D eigenvalue weighted by atomic mass is 10.1. The molecule has 0 amide bonds.